The van der Waals surface area contributed by atoms with E-state index in [0.717, 1.165) is 5.56 Å². The Kier molecular flexibility index (Phi) is 6.73. The Hall–Kier alpha value is -2.43. The molecule has 1 aliphatic heterocycles. The molecule has 1 unspecified atom stereocenters. The molecule has 1 atom stereocenters. The van der Waals surface area contributed by atoms with Crippen LogP contribution in [0.4, 0.5) is 5.69 Å². The van der Waals surface area contributed by atoms with Crippen LogP contribution in [0.3, 0.4) is 0 Å². The van der Waals surface area contributed by atoms with Gasteiger partial charge in [-0.3, -0.25) is 4.79 Å². The topological polar surface area (TPSA) is 101 Å². The SMILES string of the molecule is CCOc1ccc(N2C(=O)C(C)CS2(=O)=O)cc1S(=O)(=O)N(CC)Cc1ccccc1. The zero-order valence-corrected chi connectivity index (χ0v) is 19.3. The van der Waals surface area contributed by atoms with Crippen LogP contribution < -0.4 is 9.04 Å². The summed E-state index contributed by atoms with van der Waals surface area (Å²) in [6, 6.07) is 13.2. The van der Waals surface area contributed by atoms with E-state index in [9.17, 15) is 21.6 Å². The molecule has 1 saturated heterocycles. The van der Waals surface area contributed by atoms with Gasteiger partial charge in [0.25, 0.3) is 0 Å². The summed E-state index contributed by atoms with van der Waals surface area (Å²) in [7, 11) is -7.91. The van der Waals surface area contributed by atoms with Gasteiger partial charge in [0.2, 0.25) is 26.0 Å². The van der Waals surface area contributed by atoms with Gasteiger partial charge < -0.3 is 4.74 Å². The minimum atomic E-state index is -4.05. The minimum Gasteiger partial charge on any atom is -0.492 e. The first-order valence-corrected chi connectivity index (χ1v) is 13.0. The number of hydrogen-bond donors (Lipinski definition) is 0. The number of hydrogen-bond acceptors (Lipinski definition) is 6. The number of anilines is 1. The molecule has 0 bridgehead atoms. The van der Waals surface area contributed by atoms with E-state index in [-0.39, 0.29) is 41.8 Å². The average Bonchev–Trinajstić information content (AvgIpc) is 2.94. The number of ether oxygens (including phenoxy) is 1. The van der Waals surface area contributed by atoms with E-state index in [1.165, 1.54) is 29.4 Å². The number of amides is 1. The number of benzene rings is 2. The standard InChI is InChI=1S/C21H26N2O6S2/c1-4-22(14-17-9-7-6-8-10-17)31(27,28)20-13-18(11-12-19(20)29-5-2)23-21(24)16(3)15-30(23,25)26/h6-13,16H,4-5,14-15H2,1-3H3. The summed E-state index contributed by atoms with van der Waals surface area (Å²) < 4.78 is 59.6. The third-order valence-corrected chi connectivity index (χ3v) is 8.80. The molecule has 3 rings (SSSR count). The first kappa shape index (κ1) is 23.2. The van der Waals surface area contributed by atoms with Crippen LogP contribution in [-0.2, 0) is 31.4 Å². The maximum absolute atomic E-state index is 13.5. The third-order valence-electron chi connectivity index (χ3n) is 4.99. The summed E-state index contributed by atoms with van der Waals surface area (Å²) in [6.07, 6.45) is 0. The van der Waals surface area contributed by atoms with Crippen molar-refractivity contribution in [3.8, 4) is 5.75 Å². The summed E-state index contributed by atoms with van der Waals surface area (Å²) in [5.41, 5.74) is 0.806. The van der Waals surface area contributed by atoms with E-state index in [1.807, 2.05) is 30.3 Å². The molecular weight excluding hydrogens is 440 g/mol. The Bertz CT molecular complexity index is 1160. The Morgan fingerprint density at radius 2 is 1.81 bits per heavy atom. The molecule has 31 heavy (non-hydrogen) atoms. The minimum absolute atomic E-state index is 0.00728. The van der Waals surface area contributed by atoms with E-state index in [2.05, 4.69) is 0 Å². The molecule has 1 aliphatic rings. The van der Waals surface area contributed by atoms with Crippen molar-refractivity contribution in [3.63, 3.8) is 0 Å². The van der Waals surface area contributed by atoms with Crippen molar-refractivity contribution in [2.75, 3.05) is 23.2 Å². The second-order valence-electron chi connectivity index (χ2n) is 7.26. The molecular formula is C21H26N2O6S2. The van der Waals surface area contributed by atoms with Crippen LogP contribution in [0.2, 0.25) is 0 Å². The summed E-state index contributed by atoms with van der Waals surface area (Å²) in [5.74, 6) is -1.48. The molecule has 1 amide bonds. The fraction of sp³-hybridized carbons (Fsp3) is 0.381. The van der Waals surface area contributed by atoms with Gasteiger partial charge in [0.15, 0.2) is 0 Å². The van der Waals surface area contributed by atoms with Gasteiger partial charge in [0.05, 0.1) is 24.0 Å². The number of carbonyl (C=O) groups excluding carboxylic acids is 1. The Balaban J connectivity index is 2.09. The van der Waals surface area contributed by atoms with E-state index in [0.29, 0.717) is 4.31 Å². The predicted molar refractivity (Wildman–Crippen MR) is 118 cm³/mol. The van der Waals surface area contributed by atoms with E-state index in [4.69, 9.17) is 4.74 Å². The zero-order valence-electron chi connectivity index (χ0n) is 17.7. The van der Waals surface area contributed by atoms with Gasteiger partial charge >= 0.3 is 0 Å². The lowest BCUT2D eigenvalue weighted by Gasteiger charge is -2.24. The highest BCUT2D eigenvalue weighted by molar-refractivity contribution is 7.94. The van der Waals surface area contributed by atoms with Gasteiger partial charge in [-0.15, -0.1) is 0 Å². The molecule has 1 fully saturated rings. The molecule has 168 valence electrons. The maximum atomic E-state index is 13.5. The summed E-state index contributed by atoms with van der Waals surface area (Å²) >= 11 is 0. The molecule has 0 radical (unpaired) electrons. The van der Waals surface area contributed by atoms with Gasteiger partial charge in [-0.1, -0.05) is 44.2 Å². The molecule has 0 aliphatic carbocycles. The van der Waals surface area contributed by atoms with Gasteiger partial charge in [0, 0.05) is 13.1 Å². The summed E-state index contributed by atoms with van der Waals surface area (Å²) in [6.45, 7) is 5.55. The highest BCUT2D eigenvalue weighted by Gasteiger charge is 2.42. The first-order valence-electron chi connectivity index (χ1n) is 9.99. The van der Waals surface area contributed by atoms with Crippen LogP contribution in [-0.4, -0.2) is 46.0 Å². The maximum Gasteiger partial charge on any atom is 0.247 e. The van der Waals surface area contributed by atoms with Crippen molar-refractivity contribution < 1.29 is 26.4 Å². The molecule has 8 nitrogen and oxygen atoms in total. The van der Waals surface area contributed by atoms with Crippen molar-refractivity contribution in [2.45, 2.75) is 32.2 Å². The number of carbonyl (C=O) groups is 1. The highest BCUT2D eigenvalue weighted by atomic mass is 32.2. The summed E-state index contributed by atoms with van der Waals surface area (Å²) in [5, 5.41) is 0. The van der Waals surface area contributed by atoms with Gasteiger partial charge in [-0.2, -0.15) is 4.31 Å². The fourth-order valence-electron chi connectivity index (χ4n) is 3.48. The molecule has 0 aromatic heterocycles. The third kappa shape index (κ3) is 4.60. The Morgan fingerprint density at radius 3 is 2.35 bits per heavy atom. The molecule has 0 spiro atoms. The molecule has 0 N–H and O–H groups in total. The lowest BCUT2D eigenvalue weighted by atomic mass is 10.2. The Morgan fingerprint density at radius 1 is 1.13 bits per heavy atom. The lowest BCUT2D eigenvalue weighted by Crippen LogP contribution is -2.32. The van der Waals surface area contributed by atoms with Crippen LogP contribution >= 0.6 is 0 Å². The van der Waals surface area contributed by atoms with Crippen LogP contribution in [0.15, 0.2) is 53.4 Å². The quantitative estimate of drug-likeness (QED) is 0.593. The van der Waals surface area contributed by atoms with Crippen molar-refractivity contribution >= 4 is 31.6 Å². The number of rotatable bonds is 8. The van der Waals surface area contributed by atoms with Crippen molar-refractivity contribution in [3.05, 3.63) is 54.1 Å². The zero-order chi connectivity index (χ0) is 22.8. The van der Waals surface area contributed by atoms with E-state index in [1.54, 1.807) is 13.8 Å². The van der Waals surface area contributed by atoms with Gasteiger partial charge in [0.1, 0.15) is 10.6 Å². The molecule has 0 saturated carbocycles. The van der Waals surface area contributed by atoms with E-state index >= 15 is 0 Å². The van der Waals surface area contributed by atoms with Crippen LogP contribution in [0, 0.1) is 5.92 Å². The summed E-state index contributed by atoms with van der Waals surface area (Å²) in [4.78, 5) is 12.3. The van der Waals surface area contributed by atoms with Crippen molar-refractivity contribution in [1.82, 2.24) is 4.31 Å². The fourth-order valence-corrected chi connectivity index (χ4v) is 6.88. The second kappa shape index (κ2) is 8.97. The smallest absolute Gasteiger partial charge is 0.247 e. The van der Waals surface area contributed by atoms with Crippen molar-refractivity contribution in [2.24, 2.45) is 5.92 Å². The molecule has 1 heterocycles. The van der Waals surface area contributed by atoms with Crippen LogP contribution in [0.25, 0.3) is 0 Å². The van der Waals surface area contributed by atoms with Crippen LogP contribution in [0.1, 0.15) is 26.3 Å². The molecule has 10 heteroatoms. The van der Waals surface area contributed by atoms with Crippen LogP contribution in [0.5, 0.6) is 5.75 Å². The average molecular weight is 467 g/mol. The molecule has 2 aromatic carbocycles. The predicted octanol–water partition coefficient (Wildman–Crippen LogP) is 2.61. The largest absolute Gasteiger partial charge is 0.492 e. The van der Waals surface area contributed by atoms with Crippen molar-refractivity contribution in [1.29, 1.82) is 0 Å². The second-order valence-corrected chi connectivity index (χ2v) is 11.0. The molecule has 2 aromatic rings. The normalized spacial score (nSPS) is 18.5. The number of nitrogens with zero attached hydrogens (tertiary/aromatic N) is 2. The first-order chi connectivity index (χ1) is 14.6. The van der Waals surface area contributed by atoms with E-state index < -0.39 is 31.9 Å². The highest BCUT2D eigenvalue weighted by Crippen LogP contribution is 2.35. The van der Waals surface area contributed by atoms with Gasteiger partial charge in [-0.05, 0) is 30.7 Å². The van der Waals surface area contributed by atoms with Gasteiger partial charge in [-0.25, -0.2) is 21.1 Å². The lowest BCUT2D eigenvalue weighted by molar-refractivity contribution is -0.119. The Labute approximate surface area is 183 Å². The monoisotopic (exact) mass is 466 g/mol. The number of sulfonamides is 2.